The van der Waals surface area contributed by atoms with Crippen LogP contribution in [0.3, 0.4) is 0 Å². The number of carbonyl (C=O) groups is 4. The zero-order valence-corrected chi connectivity index (χ0v) is 25.1. The van der Waals surface area contributed by atoms with Gasteiger partial charge in [0.25, 0.3) is 0 Å². The van der Waals surface area contributed by atoms with Crippen LogP contribution >= 0.6 is 11.3 Å². The lowest BCUT2D eigenvalue weighted by Crippen LogP contribution is -2.57. The van der Waals surface area contributed by atoms with Crippen molar-refractivity contribution in [2.75, 3.05) is 6.54 Å². The number of carbonyl (C=O) groups excluding carboxylic acids is 3. The molecule has 0 unspecified atom stereocenters. The van der Waals surface area contributed by atoms with Crippen LogP contribution in [0, 0.1) is 12.3 Å². The number of benzene rings is 1. The minimum Gasteiger partial charge on any atom is -0.481 e. The van der Waals surface area contributed by atoms with Crippen molar-refractivity contribution >= 4 is 35.0 Å². The lowest BCUT2D eigenvalue weighted by Gasteiger charge is -2.35. The van der Waals surface area contributed by atoms with Crippen molar-refractivity contribution in [3.63, 3.8) is 0 Å². The minimum atomic E-state index is -0.870. The molecule has 11 heteroatoms. The van der Waals surface area contributed by atoms with E-state index in [1.54, 1.807) is 11.3 Å². The molecule has 3 atom stereocenters. The Bertz CT molecular complexity index is 1210. The maximum Gasteiger partial charge on any atom is 0.303 e. The first-order valence-electron chi connectivity index (χ1n) is 14.1. The lowest BCUT2D eigenvalue weighted by molar-refractivity contribution is -0.144. The number of rotatable bonds is 13. The number of hydrogen-bond donors (Lipinski definition) is 4. The van der Waals surface area contributed by atoms with Gasteiger partial charge in [0.2, 0.25) is 17.7 Å². The summed E-state index contributed by atoms with van der Waals surface area (Å²) >= 11 is 1.58. The summed E-state index contributed by atoms with van der Waals surface area (Å²) in [5, 5.41) is 24.9. The number of aliphatic carboxylic acids is 1. The third kappa shape index (κ3) is 9.36. The molecule has 4 N–H and O–H groups in total. The molecule has 0 aliphatic carbocycles. The molecule has 0 radical (unpaired) electrons. The summed E-state index contributed by atoms with van der Waals surface area (Å²) in [5.41, 5.74) is 4.12. The first-order chi connectivity index (χ1) is 19.4. The second-order valence-corrected chi connectivity index (χ2v) is 12.6. The number of unbranched alkanes of at least 4 members (excludes halogenated alkanes) is 3. The van der Waals surface area contributed by atoms with Crippen LogP contribution in [0.1, 0.15) is 77.0 Å². The number of hydrogen-bond acceptors (Lipinski definition) is 7. The van der Waals surface area contributed by atoms with Crippen molar-refractivity contribution in [1.82, 2.24) is 20.5 Å². The third-order valence-corrected chi connectivity index (χ3v) is 8.23. The van der Waals surface area contributed by atoms with Crippen molar-refractivity contribution in [3.8, 4) is 10.4 Å². The Hall–Kier alpha value is -3.31. The summed E-state index contributed by atoms with van der Waals surface area (Å²) in [6.45, 7) is 7.81. The Morgan fingerprint density at radius 2 is 1.73 bits per heavy atom. The summed E-state index contributed by atoms with van der Waals surface area (Å²) in [4.78, 5) is 57.0. The van der Waals surface area contributed by atoms with E-state index in [4.69, 9.17) is 5.11 Å². The van der Waals surface area contributed by atoms with Crippen LogP contribution < -0.4 is 10.6 Å². The third-order valence-electron chi connectivity index (χ3n) is 7.26. The molecule has 1 aromatic carbocycles. The number of carboxylic acid groups (broad SMARTS) is 1. The van der Waals surface area contributed by atoms with Crippen LogP contribution in [0.2, 0.25) is 0 Å². The molecule has 1 aromatic heterocycles. The number of nitrogens with one attached hydrogen (secondary N) is 2. The molecular formula is C30H42N4O6S. The molecule has 0 spiro atoms. The Morgan fingerprint density at radius 1 is 1.07 bits per heavy atom. The maximum atomic E-state index is 13.7. The SMILES string of the molecule is Cc1ncsc1-c1ccc(CNC(=O)[C@H]2C[C@H](O)CN2C(=O)[C@H](NC(=O)CCCCCCC(=O)O)C(C)(C)C)cc1. The highest BCUT2D eigenvalue weighted by Crippen LogP contribution is 2.28. The monoisotopic (exact) mass is 586 g/mol. The summed E-state index contributed by atoms with van der Waals surface area (Å²) in [6, 6.07) is 6.16. The fourth-order valence-corrected chi connectivity index (χ4v) is 5.74. The molecule has 3 rings (SSSR count). The molecule has 2 heterocycles. The maximum absolute atomic E-state index is 13.7. The van der Waals surface area contributed by atoms with E-state index in [-0.39, 0.29) is 44.2 Å². The van der Waals surface area contributed by atoms with E-state index in [0.29, 0.717) is 12.8 Å². The van der Waals surface area contributed by atoms with Gasteiger partial charge in [-0.05, 0) is 36.3 Å². The highest BCUT2D eigenvalue weighted by Gasteiger charge is 2.44. The van der Waals surface area contributed by atoms with Crippen LogP contribution in [0.5, 0.6) is 0 Å². The number of aliphatic hydroxyl groups excluding tert-OH is 1. The van der Waals surface area contributed by atoms with E-state index in [2.05, 4.69) is 15.6 Å². The van der Waals surface area contributed by atoms with Gasteiger partial charge in [-0.3, -0.25) is 19.2 Å². The molecule has 0 bridgehead atoms. The van der Waals surface area contributed by atoms with Gasteiger partial charge in [0.05, 0.1) is 22.2 Å². The van der Waals surface area contributed by atoms with Crippen molar-refractivity contribution in [3.05, 3.63) is 41.0 Å². The molecule has 224 valence electrons. The largest absolute Gasteiger partial charge is 0.481 e. The molecule has 1 saturated heterocycles. The van der Waals surface area contributed by atoms with E-state index in [1.165, 1.54) is 4.90 Å². The Balaban J connectivity index is 1.58. The summed E-state index contributed by atoms with van der Waals surface area (Å²) in [7, 11) is 0. The minimum absolute atomic E-state index is 0.0197. The molecule has 0 saturated carbocycles. The number of thiazole rings is 1. The topological polar surface area (TPSA) is 149 Å². The van der Waals surface area contributed by atoms with Crippen LogP contribution in [0.4, 0.5) is 0 Å². The van der Waals surface area contributed by atoms with Gasteiger partial charge in [-0.2, -0.15) is 0 Å². The van der Waals surface area contributed by atoms with Crippen LogP contribution in [0.15, 0.2) is 29.8 Å². The Kier molecular flexibility index (Phi) is 11.4. The zero-order chi connectivity index (χ0) is 30.2. The quantitative estimate of drug-likeness (QED) is 0.262. The average Bonchev–Trinajstić information content (AvgIpc) is 3.52. The van der Waals surface area contributed by atoms with Crippen molar-refractivity contribution in [2.24, 2.45) is 5.41 Å². The van der Waals surface area contributed by atoms with E-state index in [0.717, 1.165) is 34.5 Å². The van der Waals surface area contributed by atoms with Gasteiger partial charge in [0, 0.05) is 32.4 Å². The van der Waals surface area contributed by atoms with E-state index in [9.17, 15) is 24.3 Å². The van der Waals surface area contributed by atoms with Crippen molar-refractivity contribution in [2.45, 2.75) is 97.4 Å². The van der Waals surface area contributed by atoms with Gasteiger partial charge >= 0.3 is 5.97 Å². The molecule has 1 aliphatic heterocycles. The summed E-state index contributed by atoms with van der Waals surface area (Å²) in [6.07, 6.45) is 2.24. The number of nitrogens with zero attached hydrogens (tertiary/aromatic N) is 2. The molecule has 2 aromatic rings. The predicted octanol–water partition coefficient (Wildman–Crippen LogP) is 3.65. The zero-order valence-electron chi connectivity index (χ0n) is 24.3. The van der Waals surface area contributed by atoms with Crippen molar-refractivity contribution < 1.29 is 29.4 Å². The first kappa shape index (κ1) is 32.2. The number of β-amino-alcohol motifs (C(OH)–C–C–N with tert-alkyl or cyclic N) is 1. The van der Waals surface area contributed by atoms with E-state index < -0.39 is 35.5 Å². The fraction of sp³-hybridized carbons (Fsp3) is 0.567. The number of carboxylic acids is 1. The van der Waals surface area contributed by atoms with Gasteiger partial charge < -0.3 is 25.7 Å². The number of aromatic nitrogens is 1. The molecule has 1 aliphatic rings. The molecule has 1 fully saturated rings. The highest BCUT2D eigenvalue weighted by atomic mass is 32.1. The van der Waals surface area contributed by atoms with Crippen LogP contribution in [-0.2, 0) is 25.7 Å². The summed E-state index contributed by atoms with van der Waals surface area (Å²) < 4.78 is 0. The van der Waals surface area contributed by atoms with E-state index >= 15 is 0 Å². The average molecular weight is 587 g/mol. The Morgan fingerprint density at radius 3 is 2.32 bits per heavy atom. The lowest BCUT2D eigenvalue weighted by atomic mass is 9.85. The number of amides is 3. The number of aryl methyl sites for hydroxylation is 1. The molecule has 41 heavy (non-hydrogen) atoms. The van der Waals surface area contributed by atoms with Gasteiger partial charge in [0.1, 0.15) is 12.1 Å². The van der Waals surface area contributed by atoms with Gasteiger partial charge in [-0.1, -0.05) is 57.9 Å². The molecule has 10 nitrogen and oxygen atoms in total. The van der Waals surface area contributed by atoms with Crippen molar-refractivity contribution in [1.29, 1.82) is 0 Å². The normalized spacial score (nSPS) is 17.7. The second kappa shape index (κ2) is 14.5. The Labute approximate surface area is 245 Å². The van der Waals surface area contributed by atoms with Gasteiger partial charge in [-0.25, -0.2) is 4.98 Å². The predicted molar refractivity (Wildman–Crippen MR) is 157 cm³/mol. The highest BCUT2D eigenvalue weighted by molar-refractivity contribution is 7.13. The second-order valence-electron chi connectivity index (χ2n) is 11.8. The van der Waals surface area contributed by atoms with Gasteiger partial charge in [-0.15, -0.1) is 11.3 Å². The number of likely N-dealkylation sites (tertiary alicyclic amines) is 1. The fourth-order valence-electron chi connectivity index (χ4n) is 4.93. The smallest absolute Gasteiger partial charge is 0.303 e. The standard InChI is InChI=1S/C30H42N4O6S/c1-19-26(41-18-32-19)21-13-11-20(12-14-21)16-31-28(39)23-15-22(35)17-34(23)29(40)27(30(2,3)4)33-24(36)9-7-5-6-8-10-25(37)38/h11-14,18,22-23,27,35H,5-10,15-17H2,1-4H3,(H,31,39)(H,33,36)(H,37,38)/t22-,23+,27-/m0/s1. The van der Waals surface area contributed by atoms with Crippen LogP contribution in [0.25, 0.3) is 10.4 Å². The first-order valence-corrected chi connectivity index (χ1v) is 15.0. The molecular weight excluding hydrogens is 544 g/mol. The van der Waals surface area contributed by atoms with Gasteiger partial charge in [0.15, 0.2) is 0 Å². The summed E-state index contributed by atoms with van der Waals surface area (Å²) in [5.74, 6) is -1.84. The molecule has 3 amide bonds. The number of aliphatic hydroxyl groups is 1. The van der Waals surface area contributed by atoms with E-state index in [1.807, 2.05) is 57.5 Å². The van der Waals surface area contributed by atoms with Crippen LogP contribution in [-0.4, -0.2) is 68.5 Å².